The number of nitrogens with zero attached hydrogens (tertiary/aromatic N) is 1. The molecule has 22 heavy (non-hydrogen) atoms. The zero-order valence-electron chi connectivity index (χ0n) is 12.1. The molecule has 2 amide bonds. The molecule has 0 N–H and O–H groups in total. The normalized spacial score (nSPS) is 22.1. The summed E-state index contributed by atoms with van der Waals surface area (Å²) in [5.74, 6) is 1.29. The van der Waals surface area contributed by atoms with Crippen LogP contribution in [-0.4, -0.2) is 29.9 Å². The lowest BCUT2D eigenvalue weighted by molar-refractivity contribution is -0.144. The summed E-state index contributed by atoms with van der Waals surface area (Å²) in [6.07, 6.45) is 3.10. The van der Waals surface area contributed by atoms with E-state index in [1.165, 1.54) is 4.90 Å². The second-order valence-corrected chi connectivity index (χ2v) is 7.04. The maximum atomic E-state index is 12.6. The molecule has 0 aromatic heterocycles. The summed E-state index contributed by atoms with van der Waals surface area (Å²) in [5.41, 5.74) is 0.472. The van der Waals surface area contributed by atoms with Crippen molar-refractivity contribution in [2.75, 3.05) is 13.2 Å². The van der Waals surface area contributed by atoms with Crippen LogP contribution in [0.5, 0.6) is 11.5 Å². The Morgan fingerprint density at radius 1 is 1.14 bits per heavy atom. The molecule has 0 atom stereocenters. The number of halogens is 1. The summed E-state index contributed by atoms with van der Waals surface area (Å²) in [5, 5.41) is 0. The highest BCUT2D eigenvalue weighted by molar-refractivity contribution is 9.10. The van der Waals surface area contributed by atoms with Crippen LogP contribution in [0, 0.1) is 5.41 Å². The highest BCUT2D eigenvalue weighted by atomic mass is 79.9. The summed E-state index contributed by atoms with van der Waals surface area (Å²) in [6, 6.07) is 3.69. The third-order valence-electron chi connectivity index (χ3n) is 4.84. The van der Waals surface area contributed by atoms with Gasteiger partial charge in [-0.2, -0.15) is 0 Å². The SMILES string of the molecule is O=C1CC2(CCC2)C(=O)N1Cc1cc2c(cc1Br)OCCO2. The quantitative estimate of drug-likeness (QED) is 0.756. The fraction of sp³-hybridized carbons (Fsp3) is 0.500. The Bertz CT molecular complexity index is 668. The Labute approximate surface area is 136 Å². The lowest BCUT2D eigenvalue weighted by atomic mass is 9.68. The van der Waals surface area contributed by atoms with Gasteiger partial charge in [0, 0.05) is 10.9 Å². The minimum Gasteiger partial charge on any atom is -0.486 e. The predicted molar refractivity (Wildman–Crippen MR) is 81.6 cm³/mol. The number of hydrogen-bond acceptors (Lipinski definition) is 4. The minimum atomic E-state index is -0.391. The number of rotatable bonds is 2. The van der Waals surface area contributed by atoms with Gasteiger partial charge in [0.25, 0.3) is 0 Å². The molecule has 1 spiro atoms. The van der Waals surface area contributed by atoms with E-state index in [4.69, 9.17) is 9.47 Å². The Balaban J connectivity index is 1.61. The van der Waals surface area contributed by atoms with Crippen molar-refractivity contribution in [3.05, 3.63) is 22.2 Å². The van der Waals surface area contributed by atoms with Gasteiger partial charge >= 0.3 is 0 Å². The first-order chi connectivity index (χ1) is 10.6. The molecule has 1 aromatic carbocycles. The van der Waals surface area contributed by atoms with Crippen molar-refractivity contribution in [1.29, 1.82) is 0 Å². The van der Waals surface area contributed by atoms with Crippen molar-refractivity contribution in [3.8, 4) is 11.5 Å². The van der Waals surface area contributed by atoms with E-state index in [9.17, 15) is 9.59 Å². The Kier molecular flexibility index (Phi) is 3.18. The molecule has 0 radical (unpaired) electrons. The average molecular weight is 366 g/mol. The molecule has 6 heteroatoms. The topological polar surface area (TPSA) is 55.8 Å². The molecule has 0 bridgehead atoms. The summed E-state index contributed by atoms with van der Waals surface area (Å²) in [7, 11) is 0. The smallest absolute Gasteiger partial charge is 0.236 e. The van der Waals surface area contributed by atoms with E-state index in [-0.39, 0.29) is 18.4 Å². The molecule has 1 aromatic rings. The van der Waals surface area contributed by atoms with E-state index >= 15 is 0 Å². The molecule has 5 nitrogen and oxygen atoms in total. The number of likely N-dealkylation sites (tertiary alicyclic amines) is 1. The van der Waals surface area contributed by atoms with E-state index in [2.05, 4.69) is 15.9 Å². The van der Waals surface area contributed by atoms with E-state index in [1.54, 1.807) is 0 Å². The van der Waals surface area contributed by atoms with Gasteiger partial charge in [-0.05, 0) is 30.5 Å². The maximum absolute atomic E-state index is 12.6. The Hall–Kier alpha value is -1.56. The van der Waals surface area contributed by atoms with Crippen LogP contribution in [0.2, 0.25) is 0 Å². The first kappa shape index (κ1) is 14.1. The van der Waals surface area contributed by atoms with Crippen LogP contribution in [0.4, 0.5) is 0 Å². The van der Waals surface area contributed by atoms with E-state index in [0.717, 1.165) is 29.3 Å². The first-order valence-electron chi connectivity index (χ1n) is 7.52. The fourth-order valence-corrected chi connectivity index (χ4v) is 3.86. The second kappa shape index (κ2) is 4.98. The van der Waals surface area contributed by atoms with Gasteiger partial charge in [0.15, 0.2) is 11.5 Å². The molecule has 1 saturated heterocycles. The van der Waals surface area contributed by atoms with Gasteiger partial charge in [-0.3, -0.25) is 14.5 Å². The number of amides is 2. The van der Waals surface area contributed by atoms with Gasteiger partial charge in [0.1, 0.15) is 13.2 Å². The summed E-state index contributed by atoms with van der Waals surface area (Å²) in [6.45, 7) is 1.33. The molecule has 4 rings (SSSR count). The van der Waals surface area contributed by atoms with Crippen molar-refractivity contribution < 1.29 is 19.1 Å². The number of hydrogen-bond donors (Lipinski definition) is 0. The zero-order chi connectivity index (χ0) is 15.3. The molecule has 2 aliphatic heterocycles. The van der Waals surface area contributed by atoms with Gasteiger partial charge in [-0.15, -0.1) is 0 Å². The van der Waals surface area contributed by atoms with Crippen LogP contribution >= 0.6 is 15.9 Å². The van der Waals surface area contributed by atoms with Crippen LogP contribution in [-0.2, 0) is 16.1 Å². The zero-order valence-corrected chi connectivity index (χ0v) is 13.6. The average Bonchev–Trinajstić information content (AvgIpc) is 2.72. The third-order valence-corrected chi connectivity index (χ3v) is 5.58. The monoisotopic (exact) mass is 365 g/mol. The highest BCUT2D eigenvalue weighted by Crippen LogP contribution is 2.50. The number of imide groups is 1. The fourth-order valence-electron chi connectivity index (χ4n) is 3.41. The number of ether oxygens (including phenoxy) is 2. The van der Waals surface area contributed by atoms with E-state index in [1.807, 2.05) is 12.1 Å². The van der Waals surface area contributed by atoms with Gasteiger partial charge in [-0.25, -0.2) is 0 Å². The van der Waals surface area contributed by atoms with Gasteiger partial charge < -0.3 is 9.47 Å². The molecule has 1 saturated carbocycles. The number of carbonyl (C=O) groups is 2. The number of benzene rings is 1. The number of carbonyl (C=O) groups excluding carboxylic acids is 2. The largest absolute Gasteiger partial charge is 0.486 e. The molecular weight excluding hydrogens is 350 g/mol. The molecule has 2 fully saturated rings. The Morgan fingerprint density at radius 3 is 2.41 bits per heavy atom. The van der Waals surface area contributed by atoms with Gasteiger partial charge in [-0.1, -0.05) is 22.4 Å². The maximum Gasteiger partial charge on any atom is 0.236 e. The molecular formula is C16H16BrNO4. The van der Waals surface area contributed by atoms with Crippen LogP contribution in [0.3, 0.4) is 0 Å². The van der Waals surface area contributed by atoms with Crippen LogP contribution in [0.25, 0.3) is 0 Å². The first-order valence-corrected chi connectivity index (χ1v) is 8.31. The van der Waals surface area contributed by atoms with Gasteiger partial charge in [0.2, 0.25) is 11.8 Å². The summed E-state index contributed by atoms with van der Waals surface area (Å²) in [4.78, 5) is 26.2. The lowest BCUT2D eigenvalue weighted by Gasteiger charge is -2.35. The van der Waals surface area contributed by atoms with Gasteiger partial charge in [0.05, 0.1) is 12.0 Å². The summed E-state index contributed by atoms with van der Waals surface area (Å²) >= 11 is 3.50. The van der Waals surface area contributed by atoms with Crippen molar-refractivity contribution in [1.82, 2.24) is 4.90 Å². The highest BCUT2D eigenvalue weighted by Gasteiger charge is 2.54. The van der Waals surface area contributed by atoms with Crippen molar-refractivity contribution in [2.45, 2.75) is 32.2 Å². The number of fused-ring (bicyclic) bond motifs is 1. The predicted octanol–water partition coefficient (Wildman–Crippen LogP) is 2.65. The van der Waals surface area contributed by atoms with Crippen LogP contribution < -0.4 is 9.47 Å². The molecule has 0 unspecified atom stereocenters. The second-order valence-electron chi connectivity index (χ2n) is 6.18. The molecule has 3 aliphatic rings. The Morgan fingerprint density at radius 2 is 1.82 bits per heavy atom. The van der Waals surface area contributed by atoms with Crippen molar-refractivity contribution in [2.24, 2.45) is 5.41 Å². The van der Waals surface area contributed by atoms with E-state index < -0.39 is 5.41 Å². The van der Waals surface area contributed by atoms with Crippen molar-refractivity contribution >= 4 is 27.7 Å². The molecule has 1 aliphatic carbocycles. The standard InChI is InChI=1S/C16H16BrNO4/c17-11-7-13-12(21-4-5-22-13)6-10(11)9-18-14(19)8-16(15(18)20)2-1-3-16/h6-7H,1-5,8-9H2. The van der Waals surface area contributed by atoms with E-state index in [0.29, 0.717) is 31.1 Å². The van der Waals surface area contributed by atoms with Crippen LogP contribution in [0.15, 0.2) is 16.6 Å². The van der Waals surface area contributed by atoms with Crippen LogP contribution in [0.1, 0.15) is 31.2 Å². The summed E-state index contributed by atoms with van der Waals surface area (Å²) < 4.78 is 11.9. The molecule has 116 valence electrons. The lowest BCUT2D eigenvalue weighted by Crippen LogP contribution is -2.39. The minimum absolute atomic E-state index is 0.00876. The molecule has 2 heterocycles. The van der Waals surface area contributed by atoms with Crippen molar-refractivity contribution in [3.63, 3.8) is 0 Å². The third kappa shape index (κ3) is 2.04.